The van der Waals surface area contributed by atoms with Crippen molar-refractivity contribution in [3.63, 3.8) is 0 Å². The fourth-order valence-corrected chi connectivity index (χ4v) is 12.6. The molecule has 3 heterocycles. The highest BCUT2D eigenvalue weighted by Gasteiger charge is 2.30. The largest absolute Gasteiger partial charge is 0.505 e. The van der Waals surface area contributed by atoms with Crippen LogP contribution in [0, 0.1) is 32.1 Å². The molecule has 5 aromatic carbocycles. The highest BCUT2D eigenvalue weighted by Crippen LogP contribution is 2.47. The Balaban J connectivity index is 1.23. The number of hydrogen-bond donors (Lipinski definition) is 7. The Morgan fingerprint density at radius 3 is 1.93 bits per heavy atom. The highest BCUT2D eigenvalue weighted by atomic mass is 32.2. The van der Waals surface area contributed by atoms with Crippen molar-refractivity contribution in [1.82, 2.24) is 14.4 Å². The molecule has 0 saturated carbocycles. The summed E-state index contributed by atoms with van der Waals surface area (Å²) >= 11 is 0.550. The molecule has 0 amide bonds. The molecule has 0 unspecified atom stereocenters. The van der Waals surface area contributed by atoms with Crippen LogP contribution in [0.15, 0.2) is 111 Å². The van der Waals surface area contributed by atoms with Crippen LogP contribution in [0.3, 0.4) is 0 Å². The van der Waals surface area contributed by atoms with E-state index in [0.29, 0.717) is 28.4 Å². The number of imidazole rings is 1. The van der Waals surface area contributed by atoms with E-state index in [1.165, 1.54) is 24.3 Å². The summed E-state index contributed by atoms with van der Waals surface area (Å²) in [5, 5.41) is 55.2. The zero-order chi connectivity index (χ0) is 54.9. The number of hydrogen-bond acceptors (Lipinski definition) is 23. The van der Waals surface area contributed by atoms with E-state index in [4.69, 9.17) is 4.74 Å². The van der Waals surface area contributed by atoms with E-state index in [9.17, 15) is 80.3 Å². The number of benzene rings is 5. The Kier molecular flexibility index (Phi) is 13.8. The molecule has 0 aliphatic heterocycles. The number of nitriles is 1. The number of aromatic nitrogens is 3. The molecule has 0 aliphatic rings. The van der Waals surface area contributed by atoms with Crippen molar-refractivity contribution in [3.8, 4) is 23.4 Å². The fraction of sp³-hybridized carbons (Fsp3) is 0.146. The van der Waals surface area contributed by atoms with Crippen molar-refractivity contribution < 1.29 is 79.8 Å². The number of pyridine rings is 1. The fourth-order valence-electron chi connectivity index (χ4n) is 7.65. The lowest BCUT2D eigenvalue weighted by Gasteiger charge is -2.13. The maximum Gasteiger partial charge on any atom is 0.297 e. The number of fused-ring (bicyclic) bond motifs is 5. The Labute approximate surface area is 426 Å². The van der Waals surface area contributed by atoms with Gasteiger partial charge in [-0.15, -0.1) is 30.7 Å². The van der Waals surface area contributed by atoms with Crippen molar-refractivity contribution in [2.24, 2.45) is 30.7 Å². The standard InChI is InChI=1S/C41H32N10O18S6/c1-18-13-27(30(69-11-6-12-71(54,55)56)15-26(18)46-50-41-44-28-16-31(72(57,58)59)20(3)37(36(28)70-41)74(63,64)65)47-49-34-32(73(60,61)62)14-22-21(35(34)52)9-10-25(38(22)75(66,67)68)45-48-33-19(2)23(17-42)39-43-24-7-4-5-8-29(24)51(39)40(33)53/h4-5,7-10,13-16,52-53H,6,11-12H2,1-3H3,(H,54,55,56)(H,57,58,59)(H,60,61,62)(H,63,64,65)(H,66,67,68). The second-order valence-electron chi connectivity index (χ2n) is 15.9. The van der Waals surface area contributed by atoms with Crippen LogP contribution in [0.1, 0.15) is 28.7 Å². The van der Waals surface area contributed by atoms with Crippen LogP contribution in [0.4, 0.5) is 33.6 Å². The summed E-state index contributed by atoms with van der Waals surface area (Å²) in [5.41, 5.74) is -2.23. The molecule has 0 bridgehead atoms. The van der Waals surface area contributed by atoms with E-state index in [1.54, 1.807) is 24.3 Å². The molecule has 0 saturated heterocycles. The number of rotatable bonds is 15. The number of phenolic OH excluding ortho intramolecular Hbond substituents is 1. The Morgan fingerprint density at radius 2 is 1.29 bits per heavy atom. The van der Waals surface area contributed by atoms with Gasteiger partial charge in [0.25, 0.3) is 50.6 Å². The Bertz CT molecular complexity index is 4530. The minimum absolute atomic E-state index is 0.0388. The number of azo groups is 3. The summed E-state index contributed by atoms with van der Waals surface area (Å²) in [5.74, 6) is -2.78. The third-order valence-electron chi connectivity index (χ3n) is 11.0. The summed E-state index contributed by atoms with van der Waals surface area (Å²) in [7, 11) is -25.6. The van der Waals surface area contributed by atoms with Crippen molar-refractivity contribution in [3.05, 3.63) is 82.9 Å². The molecule has 8 aromatic rings. The third kappa shape index (κ3) is 10.6. The van der Waals surface area contributed by atoms with Crippen molar-refractivity contribution in [1.29, 1.82) is 5.26 Å². The van der Waals surface area contributed by atoms with E-state index >= 15 is 0 Å². The molecule has 0 atom stereocenters. The van der Waals surface area contributed by atoms with Crippen molar-refractivity contribution >= 4 is 133 Å². The molecular formula is C41H32N10O18S6. The second-order valence-corrected chi connectivity index (χ2v) is 23.9. The molecule has 0 radical (unpaired) electrons. The molecule has 0 fully saturated rings. The highest BCUT2D eigenvalue weighted by molar-refractivity contribution is 7.87. The lowest BCUT2D eigenvalue weighted by atomic mass is 10.1. The van der Waals surface area contributed by atoms with Crippen molar-refractivity contribution in [2.75, 3.05) is 12.4 Å². The van der Waals surface area contributed by atoms with Gasteiger partial charge in [0.2, 0.25) is 11.0 Å². The van der Waals surface area contributed by atoms with Gasteiger partial charge >= 0.3 is 0 Å². The van der Waals surface area contributed by atoms with Gasteiger partial charge < -0.3 is 14.9 Å². The van der Waals surface area contributed by atoms with Gasteiger partial charge in [0.1, 0.15) is 54.0 Å². The predicted octanol–water partition coefficient (Wildman–Crippen LogP) is 8.35. The number of nitrogens with zero attached hydrogens (tertiary/aromatic N) is 10. The van der Waals surface area contributed by atoms with Crippen LogP contribution in [0.5, 0.6) is 17.4 Å². The average molecular weight is 1150 g/mol. The first-order valence-electron chi connectivity index (χ1n) is 20.6. The molecule has 390 valence electrons. The van der Waals surface area contributed by atoms with E-state index in [2.05, 4.69) is 40.7 Å². The first kappa shape index (κ1) is 53.7. The zero-order valence-electron chi connectivity index (χ0n) is 37.9. The lowest BCUT2D eigenvalue weighted by Crippen LogP contribution is -2.08. The van der Waals surface area contributed by atoms with Gasteiger partial charge in [0.15, 0.2) is 17.1 Å². The maximum atomic E-state index is 13.1. The normalized spacial score (nSPS) is 13.2. The number of aryl methyl sites for hydroxylation is 1. The van der Waals surface area contributed by atoms with E-state index < -0.39 is 122 Å². The average Bonchev–Trinajstić information content (AvgIpc) is 3.89. The van der Waals surface area contributed by atoms with Crippen molar-refractivity contribution in [2.45, 2.75) is 46.8 Å². The molecule has 7 N–H and O–H groups in total. The molecule has 34 heteroatoms. The van der Waals surface area contributed by atoms with Crippen LogP contribution < -0.4 is 4.74 Å². The zero-order valence-corrected chi connectivity index (χ0v) is 42.8. The number of ether oxygens (including phenoxy) is 1. The molecule has 3 aromatic heterocycles. The number of thiazole rings is 1. The van der Waals surface area contributed by atoms with Gasteiger partial charge in [-0.1, -0.05) is 23.5 Å². The number of aromatic hydroxyl groups is 2. The van der Waals surface area contributed by atoms with Crippen LogP contribution in [0.25, 0.3) is 37.7 Å². The first-order valence-corrected chi connectivity index (χ1v) is 28.7. The van der Waals surface area contributed by atoms with E-state index in [-0.39, 0.29) is 66.9 Å². The topological polar surface area (TPSA) is 450 Å². The van der Waals surface area contributed by atoms with Gasteiger partial charge in [-0.05, 0) is 80.8 Å². The molecule has 8 rings (SSSR count). The summed E-state index contributed by atoms with van der Waals surface area (Å²) < 4.78 is 180. The number of phenols is 1. The van der Waals surface area contributed by atoms with Gasteiger partial charge in [0.05, 0.1) is 39.3 Å². The van der Waals surface area contributed by atoms with E-state index in [1.807, 2.05) is 6.07 Å². The van der Waals surface area contributed by atoms with Crippen LogP contribution in [0.2, 0.25) is 0 Å². The lowest BCUT2D eigenvalue weighted by molar-refractivity contribution is 0.317. The van der Waals surface area contributed by atoms with Gasteiger partial charge in [-0.3, -0.25) is 27.2 Å². The van der Waals surface area contributed by atoms with Gasteiger partial charge in [0, 0.05) is 22.4 Å². The predicted molar refractivity (Wildman–Crippen MR) is 263 cm³/mol. The molecule has 28 nitrogen and oxygen atoms in total. The smallest absolute Gasteiger partial charge is 0.297 e. The minimum atomic E-state index is -5.51. The number of para-hydroxylation sites is 2. The minimum Gasteiger partial charge on any atom is -0.505 e. The monoisotopic (exact) mass is 1140 g/mol. The Hall–Kier alpha value is -7.56. The maximum absolute atomic E-state index is 13.1. The van der Waals surface area contributed by atoms with Crippen LogP contribution in [-0.2, 0) is 50.6 Å². The summed E-state index contributed by atoms with van der Waals surface area (Å²) in [6.07, 6.45) is -0.318. The second kappa shape index (κ2) is 19.3. The van der Waals surface area contributed by atoms with Gasteiger partial charge in [-0.2, -0.15) is 47.4 Å². The molecule has 75 heavy (non-hydrogen) atoms. The summed E-state index contributed by atoms with van der Waals surface area (Å²) in [4.78, 5) is 4.29. The first-order chi connectivity index (χ1) is 34.9. The van der Waals surface area contributed by atoms with Crippen LogP contribution >= 0.6 is 11.3 Å². The summed E-state index contributed by atoms with van der Waals surface area (Å²) in [6, 6.07) is 14.2. The van der Waals surface area contributed by atoms with E-state index in [0.717, 1.165) is 31.2 Å². The van der Waals surface area contributed by atoms with Gasteiger partial charge in [-0.25, -0.2) is 9.97 Å². The molecule has 0 spiro atoms. The molecular weight excluding hydrogens is 1110 g/mol. The third-order valence-corrected chi connectivity index (χ3v) is 16.7. The summed E-state index contributed by atoms with van der Waals surface area (Å²) in [6.45, 7) is 3.41. The SMILES string of the molecule is Cc1cc(N=Nc2c(S(=O)(=O)O)cc3c(S(=O)(=O)O)c(N=Nc4c(C)c(C#N)c5nc6ccccc6n5c4O)ccc3c2O)c(OCCCS(=O)(=O)O)cc1N=Nc1nc2cc(S(=O)(=O)O)c(C)c(S(=O)(=O)O)c2s1. The Morgan fingerprint density at radius 1 is 0.653 bits per heavy atom. The van der Waals surface area contributed by atoms with Crippen LogP contribution in [-0.4, -0.2) is 102 Å². The quantitative estimate of drug-likeness (QED) is 0.0288. The molecule has 0 aliphatic carbocycles.